The molecule has 0 amide bonds. The normalized spacial score (nSPS) is 21.0. The van der Waals surface area contributed by atoms with E-state index in [0.717, 1.165) is 23.9 Å². The minimum Gasteiger partial charge on any atom is -0.326 e. The fourth-order valence-electron chi connectivity index (χ4n) is 5.42. The summed E-state index contributed by atoms with van der Waals surface area (Å²) in [5.74, 6) is 0.382. The highest BCUT2D eigenvalue weighted by molar-refractivity contribution is 7.90. The van der Waals surface area contributed by atoms with Gasteiger partial charge in [-0.05, 0) is 50.3 Å². The Balaban J connectivity index is 1.56. The van der Waals surface area contributed by atoms with Crippen LogP contribution in [0.4, 0.5) is 0 Å². The number of rotatable bonds is 8. The summed E-state index contributed by atoms with van der Waals surface area (Å²) in [6, 6.07) is 8.42. The Morgan fingerprint density at radius 1 is 1.03 bits per heavy atom. The monoisotopic (exact) mass is 529 g/mol. The molecule has 4 aromatic rings. The van der Waals surface area contributed by atoms with Crippen LogP contribution in [0.5, 0.6) is 0 Å². The molecule has 0 bridgehead atoms. The van der Waals surface area contributed by atoms with Crippen LogP contribution >= 0.6 is 0 Å². The van der Waals surface area contributed by atoms with Crippen molar-refractivity contribution in [1.29, 1.82) is 0 Å². The lowest BCUT2D eigenvalue weighted by molar-refractivity contribution is 0.377. The number of nitrogens with one attached hydrogen (secondary N) is 1. The molecule has 0 radical (unpaired) electrons. The summed E-state index contributed by atoms with van der Waals surface area (Å²) in [6.45, 7) is 5.88. The molecule has 1 N–H and O–H groups in total. The fourth-order valence-corrected chi connectivity index (χ4v) is 8.07. The molecule has 3 heterocycles. The molecule has 3 atom stereocenters. The second-order valence-corrected chi connectivity index (χ2v) is 13.3. The Morgan fingerprint density at radius 3 is 2.47 bits per heavy atom. The van der Waals surface area contributed by atoms with Crippen molar-refractivity contribution >= 4 is 42.1 Å². The van der Waals surface area contributed by atoms with E-state index in [0.29, 0.717) is 29.4 Å². The minimum atomic E-state index is -3.82. The van der Waals surface area contributed by atoms with Crippen LogP contribution in [0, 0.1) is 12.8 Å². The SMILES string of the molecule is CCCS(=O)(=O)NC1CC(CC)C(n2cnc3cnc4c(ccn4S(=O)(=O)c4ccc(C)cc4)c32)C1. The van der Waals surface area contributed by atoms with Gasteiger partial charge < -0.3 is 4.57 Å². The maximum atomic E-state index is 13.4. The quantitative estimate of drug-likeness (QED) is 0.369. The Hall–Kier alpha value is -2.76. The number of aromatic nitrogens is 4. The van der Waals surface area contributed by atoms with E-state index in [1.54, 1.807) is 42.9 Å². The molecule has 1 aliphatic rings. The smallest absolute Gasteiger partial charge is 0.269 e. The number of pyridine rings is 1. The molecule has 0 aliphatic heterocycles. The maximum Gasteiger partial charge on any atom is 0.269 e. The molecule has 1 aromatic carbocycles. The first-order chi connectivity index (χ1) is 17.1. The van der Waals surface area contributed by atoms with Crippen LogP contribution in [-0.2, 0) is 20.0 Å². The molecule has 11 heteroatoms. The van der Waals surface area contributed by atoms with Crippen LogP contribution in [0.1, 0.15) is 51.1 Å². The first kappa shape index (κ1) is 24.9. The maximum absolute atomic E-state index is 13.4. The molecule has 0 saturated heterocycles. The van der Waals surface area contributed by atoms with Gasteiger partial charge in [-0.3, -0.25) is 0 Å². The summed E-state index contributed by atoms with van der Waals surface area (Å²) >= 11 is 0. The summed E-state index contributed by atoms with van der Waals surface area (Å²) in [7, 11) is -7.14. The summed E-state index contributed by atoms with van der Waals surface area (Å²) < 4.78 is 57.8. The van der Waals surface area contributed by atoms with Gasteiger partial charge in [-0.25, -0.2) is 35.5 Å². The number of sulfonamides is 1. The van der Waals surface area contributed by atoms with Gasteiger partial charge in [0, 0.05) is 23.7 Å². The van der Waals surface area contributed by atoms with Gasteiger partial charge in [0.15, 0.2) is 5.65 Å². The zero-order valence-electron chi connectivity index (χ0n) is 20.6. The molecular formula is C25H31N5O4S2. The summed E-state index contributed by atoms with van der Waals surface area (Å²) in [4.78, 5) is 9.21. The number of hydrogen-bond acceptors (Lipinski definition) is 6. The van der Waals surface area contributed by atoms with Gasteiger partial charge in [-0.2, -0.15) is 0 Å². The van der Waals surface area contributed by atoms with Crippen LogP contribution < -0.4 is 4.72 Å². The Kier molecular flexibility index (Phi) is 6.42. The van der Waals surface area contributed by atoms with Crippen LogP contribution in [0.3, 0.4) is 0 Å². The summed E-state index contributed by atoms with van der Waals surface area (Å²) in [6.07, 6.45) is 7.79. The van der Waals surface area contributed by atoms with Crippen molar-refractivity contribution in [3.05, 3.63) is 54.6 Å². The van der Waals surface area contributed by atoms with Gasteiger partial charge in [-0.15, -0.1) is 0 Å². The Bertz CT molecular complexity index is 1620. The zero-order chi connectivity index (χ0) is 25.7. The largest absolute Gasteiger partial charge is 0.326 e. The standard InChI is InChI=1S/C25H31N5O4S2/c1-4-12-35(31,32)28-19-13-18(5-2)23(14-19)29-16-27-22-15-26-25-21(24(22)29)10-11-30(25)36(33,34)20-8-6-17(3)7-9-20/h6-11,15-16,18-19,23,28H,4-5,12-14H2,1-3H3. The molecule has 9 nitrogen and oxygen atoms in total. The van der Waals surface area contributed by atoms with E-state index in [2.05, 4.69) is 26.2 Å². The lowest BCUT2D eigenvalue weighted by atomic mass is 10.0. The molecule has 3 unspecified atom stereocenters. The highest BCUT2D eigenvalue weighted by atomic mass is 32.2. The van der Waals surface area contributed by atoms with E-state index >= 15 is 0 Å². The van der Waals surface area contributed by atoms with Gasteiger partial charge >= 0.3 is 0 Å². The third-order valence-electron chi connectivity index (χ3n) is 7.15. The first-order valence-electron chi connectivity index (χ1n) is 12.3. The number of benzene rings is 1. The van der Waals surface area contributed by atoms with E-state index < -0.39 is 20.0 Å². The number of fused-ring (bicyclic) bond motifs is 3. The van der Waals surface area contributed by atoms with E-state index in [1.807, 2.05) is 13.8 Å². The van der Waals surface area contributed by atoms with Crippen molar-refractivity contribution in [2.45, 2.75) is 63.4 Å². The zero-order valence-corrected chi connectivity index (χ0v) is 22.3. The van der Waals surface area contributed by atoms with E-state index in [-0.39, 0.29) is 28.6 Å². The van der Waals surface area contributed by atoms with Crippen LogP contribution in [0.15, 0.2) is 53.9 Å². The predicted octanol–water partition coefficient (Wildman–Crippen LogP) is 3.99. The minimum absolute atomic E-state index is 0.0389. The van der Waals surface area contributed by atoms with Crippen molar-refractivity contribution in [3.8, 4) is 0 Å². The van der Waals surface area contributed by atoms with E-state index in [4.69, 9.17) is 0 Å². The van der Waals surface area contributed by atoms with E-state index in [1.165, 1.54) is 10.2 Å². The van der Waals surface area contributed by atoms with Crippen molar-refractivity contribution in [1.82, 2.24) is 23.2 Å². The average molecular weight is 530 g/mol. The number of aryl methyl sites for hydroxylation is 1. The summed E-state index contributed by atoms with van der Waals surface area (Å²) in [5, 5.41) is 0.700. The lowest BCUT2D eigenvalue weighted by Crippen LogP contribution is -2.34. The fraction of sp³-hybridized carbons (Fsp3) is 0.440. The first-order valence-corrected chi connectivity index (χ1v) is 15.4. The Morgan fingerprint density at radius 2 is 1.78 bits per heavy atom. The Labute approximate surface area is 211 Å². The predicted molar refractivity (Wildman–Crippen MR) is 140 cm³/mol. The molecule has 0 spiro atoms. The molecule has 5 rings (SSSR count). The van der Waals surface area contributed by atoms with Gasteiger partial charge in [0.25, 0.3) is 10.0 Å². The van der Waals surface area contributed by atoms with Crippen molar-refractivity contribution in [2.75, 3.05) is 5.75 Å². The van der Waals surface area contributed by atoms with Gasteiger partial charge in [0.05, 0.1) is 28.7 Å². The van der Waals surface area contributed by atoms with Crippen molar-refractivity contribution in [2.24, 2.45) is 5.92 Å². The third kappa shape index (κ3) is 4.33. The molecule has 1 saturated carbocycles. The van der Waals surface area contributed by atoms with Crippen molar-refractivity contribution in [3.63, 3.8) is 0 Å². The molecule has 3 aromatic heterocycles. The van der Waals surface area contributed by atoms with Crippen molar-refractivity contribution < 1.29 is 16.8 Å². The molecule has 1 aliphatic carbocycles. The molecule has 36 heavy (non-hydrogen) atoms. The molecular weight excluding hydrogens is 498 g/mol. The van der Waals surface area contributed by atoms with Gasteiger partial charge in [0.1, 0.15) is 5.52 Å². The second-order valence-electron chi connectivity index (χ2n) is 9.65. The second kappa shape index (κ2) is 9.28. The number of nitrogens with zero attached hydrogens (tertiary/aromatic N) is 4. The average Bonchev–Trinajstić information content (AvgIpc) is 3.54. The third-order valence-corrected chi connectivity index (χ3v) is 10.5. The van der Waals surface area contributed by atoms with Crippen LogP contribution in [0.2, 0.25) is 0 Å². The van der Waals surface area contributed by atoms with Gasteiger partial charge in [-0.1, -0.05) is 38.0 Å². The lowest BCUT2D eigenvalue weighted by Gasteiger charge is -2.20. The number of hydrogen-bond donors (Lipinski definition) is 1. The number of imidazole rings is 1. The van der Waals surface area contributed by atoms with Crippen LogP contribution in [-0.4, -0.2) is 47.1 Å². The van der Waals surface area contributed by atoms with E-state index in [9.17, 15) is 16.8 Å². The topological polar surface area (TPSA) is 116 Å². The van der Waals surface area contributed by atoms with Gasteiger partial charge in [0.2, 0.25) is 10.0 Å². The summed E-state index contributed by atoms with van der Waals surface area (Å²) in [5.41, 5.74) is 2.82. The molecule has 192 valence electrons. The van der Waals surface area contributed by atoms with Crippen LogP contribution in [0.25, 0.3) is 22.1 Å². The highest BCUT2D eigenvalue weighted by Gasteiger charge is 2.37. The molecule has 1 fully saturated rings. The highest BCUT2D eigenvalue weighted by Crippen LogP contribution is 2.41.